The van der Waals surface area contributed by atoms with Gasteiger partial charge in [-0.2, -0.15) is 0 Å². The molecule has 29 heavy (non-hydrogen) atoms. The molecular formula is C21H17ClFNO4S. The second-order valence-electron chi connectivity index (χ2n) is 6.32. The summed E-state index contributed by atoms with van der Waals surface area (Å²) in [6.07, 6.45) is 1.02. The van der Waals surface area contributed by atoms with Crippen LogP contribution in [-0.2, 0) is 16.4 Å². The lowest BCUT2D eigenvalue weighted by Gasteiger charge is -2.10. The minimum atomic E-state index is -3.56. The second-order valence-corrected chi connectivity index (χ2v) is 8.71. The fourth-order valence-electron chi connectivity index (χ4n) is 2.59. The number of hydrogen-bond donors (Lipinski definition) is 1. The summed E-state index contributed by atoms with van der Waals surface area (Å²) >= 11 is 5.91. The number of ether oxygens (including phenoxy) is 1. The monoisotopic (exact) mass is 433 g/mol. The first-order valence-electron chi connectivity index (χ1n) is 8.50. The molecule has 0 heterocycles. The summed E-state index contributed by atoms with van der Waals surface area (Å²) in [7, 11) is -3.56. The van der Waals surface area contributed by atoms with Gasteiger partial charge >= 0.3 is 0 Å². The largest absolute Gasteiger partial charge is 0.489 e. The number of sulfone groups is 1. The van der Waals surface area contributed by atoms with E-state index >= 15 is 0 Å². The maximum absolute atomic E-state index is 13.2. The van der Waals surface area contributed by atoms with Gasteiger partial charge in [-0.05, 0) is 48.0 Å². The van der Waals surface area contributed by atoms with E-state index in [1.165, 1.54) is 30.3 Å². The molecule has 0 saturated carbocycles. The van der Waals surface area contributed by atoms with Gasteiger partial charge in [0.1, 0.15) is 18.2 Å². The van der Waals surface area contributed by atoms with Gasteiger partial charge in [0, 0.05) is 23.6 Å². The summed E-state index contributed by atoms with van der Waals surface area (Å²) in [4.78, 5) is 12.4. The average Bonchev–Trinajstić information content (AvgIpc) is 2.66. The predicted octanol–water partition coefficient (Wildman–Crippen LogP) is 4.71. The van der Waals surface area contributed by atoms with Crippen molar-refractivity contribution < 1.29 is 22.3 Å². The molecule has 1 amide bonds. The molecule has 0 saturated heterocycles. The number of carbonyl (C=O) groups is 1. The molecule has 0 aliphatic carbocycles. The van der Waals surface area contributed by atoms with Gasteiger partial charge in [0.2, 0.25) is 0 Å². The molecule has 0 bridgehead atoms. The molecule has 8 heteroatoms. The Balaban J connectivity index is 1.72. The van der Waals surface area contributed by atoms with E-state index in [1.807, 2.05) is 0 Å². The highest BCUT2D eigenvalue weighted by molar-refractivity contribution is 7.90. The molecule has 0 aliphatic rings. The molecule has 3 aromatic carbocycles. The first-order chi connectivity index (χ1) is 13.7. The van der Waals surface area contributed by atoms with Crippen LogP contribution in [0.2, 0.25) is 5.02 Å². The van der Waals surface area contributed by atoms with Crippen LogP contribution in [0.4, 0.5) is 10.1 Å². The number of hydrogen-bond acceptors (Lipinski definition) is 4. The van der Waals surface area contributed by atoms with Crippen molar-refractivity contribution in [3.8, 4) is 5.75 Å². The van der Waals surface area contributed by atoms with Gasteiger partial charge in [-0.25, -0.2) is 12.8 Å². The van der Waals surface area contributed by atoms with Gasteiger partial charge in [0.25, 0.3) is 5.91 Å². The Hall–Kier alpha value is -2.90. The average molecular weight is 434 g/mol. The zero-order chi connectivity index (χ0) is 21.0. The van der Waals surface area contributed by atoms with Crippen LogP contribution in [0.5, 0.6) is 5.75 Å². The number of carbonyl (C=O) groups excluding carboxylic acids is 1. The minimum Gasteiger partial charge on any atom is -0.489 e. The highest BCUT2D eigenvalue weighted by atomic mass is 35.5. The minimum absolute atomic E-state index is 0.0526. The number of rotatable bonds is 6. The zero-order valence-electron chi connectivity index (χ0n) is 15.4. The third-order valence-corrected chi connectivity index (χ3v) is 5.56. The van der Waals surface area contributed by atoms with E-state index < -0.39 is 15.7 Å². The van der Waals surface area contributed by atoms with Gasteiger partial charge in [-0.15, -0.1) is 0 Å². The maximum atomic E-state index is 13.2. The van der Waals surface area contributed by atoms with Crippen LogP contribution in [0.25, 0.3) is 0 Å². The Bertz CT molecular complexity index is 1160. The van der Waals surface area contributed by atoms with E-state index in [4.69, 9.17) is 16.3 Å². The van der Waals surface area contributed by atoms with Crippen LogP contribution in [0, 0.1) is 5.82 Å². The van der Waals surface area contributed by atoms with Crippen LogP contribution < -0.4 is 10.1 Å². The van der Waals surface area contributed by atoms with E-state index in [1.54, 1.807) is 36.4 Å². The lowest BCUT2D eigenvalue weighted by atomic mass is 10.2. The smallest absolute Gasteiger partial charge is 0.255 e. The van der Waals surface area contributed by atoms with Crippen LogP contribution in [0.15, 0.2) is 71.6 Å². The first-order valence-corrected chi connectivity index (χ1v) is 10.8. The Morgan fingerprint density at radius 3 is 2.55 bits per heavy atom. The molecule has 0 unspecified atom stereocenters. The van der Waals surface area contributed by atoms with Crippen molar-refractivity contribution in [2.45, 2.75) is 11.5 Å². The summed E-state index contributed by atoms with van der Waals surface area (Å²) in [5.41, 5.74) is 1.29. The Morgan fingerprint density at radius 2 is 1.83 bits per heavy atom. The SMILES string of the molecule is CS(=O)(=O)c1cc(C(=O)Nc2cccc(OCc3cccc(F)c3)c2)ccc1Cl. The lowest BCUT2D eigenvalue weighted by Crippen LogP contribution is -2.13. The maximum Gasteiger partial charge on any atom is 0.255 e. The van der Waals surface area contributed by atoms with Crippen LogP contribution >= 0.6 is 11.6 Å². The summed E-state index contributed by atoms with van der Waals surface area (Å²) in [6.45, 7) is 0.171. The summed E-state index contributed by atoms with van der Waals surface area (Å²) in [6, 6.07) is 16.8. The van der Waals surface area contributed by atoms with Gasteiger partial charge < -0.3 is 10.1 Å². The Labute approximate surface area is 173 Å². The highest BCUT2D eigenvalue weighted by Gasteiger charge is 2.16. The lowest BCUT2D eigenvalue weighted by molar-refractivity contribution is 0.102. The van der Waals surface area contributed by atoms with Gasteiger partial charge in [0.05, 0.1) is 9.92 Å². The van der Waals surface area contributed by atoms with Crippen molar-refractivity contribution in [3.63, 3.8) is 0 Å². The number of anilines is 1. The zero-order valence-corrected chi connectivity index (χ0v) is 16.9. The quantitative estimate of drug-likeness (QED) is 0.610. The molecule has 3 rings (SSSR count). The van der Waals surface area contributed by atoms with Crippen molar-refractivity contribution in [1.29, 1.82) is 0 Å². The Morgan fingerprint density at radius 1 is 1.07 bits per heavy atom. The van der Waals surface area contributed by atoms with Crippen molar-refractivity contribution in [1.82, 2.24) is 0 Å². The van der Waals surface area contributed by atoms with E-state index in [9.17, 15) is 17.6 Å². The fourth-order valence-corrected chi connectivity index (χ4v) is 3.89. The van der Waals surface area contributed by atoms with Crippen molar-refractivity contribution >= 4 is 33.0 Å². The third-order valence-electron chi connectivity index (χ3n) is 3.98. The standard InChI is InChI=1S/C21H17ClFNO4S/c1-29(26,27)20-11-15(8-9-19(20)22)21(25)24-17-6-3-7-18(12-17)28-13-14-4-2-5-16(23)10-14/h2-12H,13H2,1H3,(H,24,25). The molecule has 3 aromatic rings. The topological polar surface area (TPSA) is 72.5 Å². The highest BCUT2D eigenvalue weighted by Crippen LogP contribution is 2.24. The normalized spacial score (nSPS) is 11.1. The molecule has 0 aromatic heterocycles. The van der Waals surface area contributed by atoms with Gasteiger partial charge in [-0.3, -0.25) is 4.79 Å². The summed E-state index contributed by atoms with van der Waals surface area (Å²) in [5, 5.41) is 2.74. The predicted molar refractivity (Wildman–Crippen MR) is 110 cm³/mol. The molecule has 0 fully saturated rings. The van der Waals surface area contributed by atoms with Crippen LogP contribution in [0.1, 0.15) is 15.9 Å². The third kappa shape index (κ3) is 5.56. The number of nitrogens with one attached hydrogen (secondary N) is 1. The summed E-state index contributed by atoms with van der Waals surface area (Å²) < 4.78 is 42.5. The van der Waals surface area contributed by atoms with E-state index in [-0.39, 0.29) is 27.9 Å². The second kappa shape index (κ2) is 8.63. The molecule has 0 aliphatic heterocycles. The molecule has 0 radical (unpaired) electrons. The Kier molecular flexibility index (Phi) is 6.20. The molecule has 0 atom stereocenters. The first kappa shape index (κ1) is 20.8. The molecule has 1 N–H and O–H groups in total. The molecule has 150 valence electrons. The fraction of sp³-hybridized carbons (Fsp3) is 0.0952. The molecule has 0 spiro atoms. The van der Waals surface area contributed by atoms with Gasteiger partial charge in [-0.1, -0.05) is 29.8 Å². The molecule has 5 nitrogen and oxygen atoms in total. The van der Waals surface area contributed by atoms with Gasteiger partial charge in [0.15, 0.2) is 9.84 Å². The number of amides is 1. The van der Waals surface area contributed by atoms with E-state index in [0.29, 0.717) is 17.0 Å². The van der Waals surface area contributed by atoms with Crippen LogP contribution in [-0.4, -0.2) is 20.6 Å². The van der Waals surface area contributed by atoms with Crippen molar-refractivity contribution in [2.24, 2.45) is 0 Å². The van der Waals surface area contributed by atoms with Crippen molar-refractivity contribution in [2.75, 3.05) is 11.6 Å². The molecular weight excluding hydrogens is 417 g/mol. The van der Waals surface area contributed by atoms with Crippen molar-refractivity contribution in [3.05, 3.63) is 88.7 Å². The van der Waals surface area contributed by atoms with E-state index in [2.05, 4.69) is 5.32 Å². The number of halogens is 2. The van der Waals surface area contributed by atoms with E-state index in [0.717, 1.165) is 6.26 Å². The number of benzene rings is 3. The van der Waals surface area contributed by atoms with Crippen LogP contribution in [0.3, 0.4) is 0 Å². The summed E-state index contributed by atoms with van der Waals surface area (Å²) in [5.74, 6) is -0.350.